The second-order valence-corrected chi connectivity index (χ2v) is 4.70. The third-order valence-electron chi connectivity index (χ3n) is 2.52. The van der Waals surface area contributed by atoms with Crippen LogP contribution in [0.3, 0.4) is 0 Å². The third kappa shape index (κ3) is 2.47. The Balaban J connectivity index is 2.35. The summed E-state index contributed by atoms with van der Waals surface area (Å²) >= 11 is 3.32. The minimum Gasteiger partial charge on any atom is -0.455 e. The van der Waals surface area contributed by atoms with Gasteiger partial charge in [0.1, 0.15) is 11.8 Å². The molecule has 0 saturated heterocycles. The fourth-order valence-electron chi connectivity index (χ4n) is 1.58. The number of anilines is 1. The van der Waals surface area contributed by atoms with Gasteiger partial charge in [-0.3, -0.25) is 0 Å². The quantitative estimate of drug-likeness (QED) is 0.853. The van der Waals surface area contributed by atoms with Gasteiger partial charge in [0.2, 0.25) is 0 Å². The molecule has 18 heavy (non-hydrogen) atoms. The van der Waals surface area contributed by atoms with Gasteiger partial charge in [-0.25, -0.2) is 0 Å². The lowest BCUT2D eigenvalue weighted by Crippen LogP contribution is -1.94. The van der Waals surface area contributed by atoms with Crippen molar-refractivity contribution in [2.24, 2.45) is 0 Å². The first kappa shape index (κ1) is 12.5. The topological polar surface area (TPSA) is 59.0 Å². The monoisotopic (exact) mass is 302 g/mol. The summed E-state index contributed by atoms with van der Waals surface area (Å²) in [4.78, 5) is 0. The maximum absolute atomic E-state index is 8.85. The zero-order valence-electron chi connectivity index (χ0n) is 9.77. The maximum atomic E-state index is 8.85. The first-order valence-electron chi connectivity index (χ1n) is 5.34. The Labute approximate surface area is 114 Å². The molecule has 3 nitrogen and oxygen atoms in total. The van der Waals surface area contributed by atoms with Crippen LogP contribution in [-0.4, -0.2) is 0 Å². The summed E-state index contributed by atoms with van der Waals surface area (Å²) in [6.45, 7) is 1.93. The van der Waals surface area contributed by atoms with Crippen molar-refractivity contribution in [1.29, 1.82) is 5.26 Å². The number of hydrogen-bond acceptors (Lipinski definition) is 3. The highest BCUT2D eigenvalue weighted by Gasteiger charge is 2.07. The molecule has 4 heteroatoms. The summed E-state index contributed by atoms with van der Waals surface area (Å²) < 4.78 is 6.46. The third-order valence-corrected chi connectivity index (χ3v) is 3.18. The highest BCUT2D eigenvalue weighted by molar-refractivity contribution is 9.10. The molecule has 0 saturated carbocycles. The number of para-hydroxylation sites is 1. The maximum Gasteiger partial charge on any atom is 0.153 e. The van der Waals surface area contributed by atoms with Crippen molar-refractivity contribution in [3.05, 3.63) is 52.0 Å². The second-order valence-electron chi connectivity index (χ2n) is 3.85. The molecular formula is C14H11BrN2O. The summed E-state index contributed by atoms with van der Waals surface area (Å²) in [7, 11) is 0. The van der Waals surface area contributed by atoms with Crippen molar-refractivity contribution >= 4 is 21.6 Å². The Hall–Kier alpha value is -1.99. The first-order valence-corrected chi connectivity index (χ1v) is 6.13. The van der Waals surface area contributed by atoms with Crippen LogP contribution < -0.4 is 10.5 Å². The van der Waals surface area contributed by atoms with Gasteiger partial charge in [-0.05, 0) is 52.7 Å². The number of halogens is 1. The van der Waals surface area contributed by atoms with E-state index in [-0.39, 0.29) is 0 Å². The lowest BCUT2D eigenvalue weighted by molar-refractivity contribution is 0.481. The minimum atomic E-state index is 0.570. The van der Waals surface area contributed by atoms with Gasteiger partial charge in [-0.1, -0.05) is 12.1 Å². The smallest absolute Gasteiger partial charge is 0.153 e. The Morgan fingerprint density at radius 1 is 1.28 bits per heavy atom. The Kier molecular flexibility index (Phi) is 3.54. The van der Waals surface area contributed by atoms with E-state index in [9.17, 15) is 0 Å². The average molecular weight is 303 g/mol. The molecule has 0 radical (unpaired) electrons. The van der Waals surface area contributed by atoms with Crippen LogP contribution in [0.5, 0.6) is 11.5 Å². The van der Waals surface area contributed by atoms with Crippen LogP contribution in [0.4, 0.5) is 5.69 Å². The highest BCUT2D eigenvalue weighted by atomic mass is 79.9. The summed E-state index contributed by atoms with van der Waals surface area (Å²) in [5.41, 5.74) is 8.00. The molecule has 0 aliphatic rings. The molecule has 0 heterocycles. The van der Waals surface area contributed by atoms with E-state index in [1.165, 1.54) is 0 Å². The molecule has 2 N–H and O–H groups in total. The van der Waals surface area contributed by atoms with Crippen molar-refractivity contribution in [2.75, 3.05) is 5.73 Å². The standard InChI is InChI=1S/C14H11BrN2O/c1-9-3-2-4-13(17)14(9)18-11-6-5-10(8-16)12(15)7-11/h2-7H,17H2,1H3. The van der Waals surface area contributed by atoms with Crippen molar-refractivity contribution in [3.63, 3.8) is 0 Å². The SMILES string of the molecule is Cc1cccc(N)c1Oc1ccc(C#N)c(Br)c1. The molecule has 0 aliphatic carbocycles. The van der Waals surface area contributed by atoms with Crippen LogP contribution in [0.1, 0.15) is 11.1 Å². The number of nitrogen functional groups attached to an aromatic ring is 1. The van der Waals surface area contributed by atoms with E-state index in [0.717, 1.165) is 5.56 Å². The van der Waals surface area contributed by atoms with Crippen LogP contribution in [-0.2, 0) is 0 Å². The van der Waals surface area contributed by atoms with E-state index >= 15 is 0 Å². The molecule has 2 aromatic rings. The second kappa shape index (κ2) is 5.11. The van der Waals surface area contributed by atoms with Crippen LogP contribution in [0, 0.1) is 18.3 Å². The first-order chi connectivity index (χ1) is 8.61. The number of nitrogens with two attached hydrogens (primary N) is 1. The summed E-state index contributed by atoms with van der Waals surface area (Å²) in [6, 6.07) is 12.9. The van der Waals surface area contributed by atoms with E-state index < -0.39 is 0 Å². The zero-order chi connectivity index (χ0) is 13.1. The lowest BCUT2D eigenvalue weighted by Gasteiger charge is -2.11. The normalized spacial score (nSPS) is 9.83. The molecule has 2 aromatic carbocycles. The van der Waals surface area contributed by atoms with Gasteiger partial charge in [-0.15, -0.1) is 0 Å². The number of benzene rings is 2. The Morgan fingerprint density at radius 2 is 2.06 bits per heavy atom. The molecule has 90 valence electrons. The van der Waals surface area contributed by atoms with Gasteiger partial charge >= 0.3 is 0 Å². The molecule has 0 unspecified atom stereocenters. The number of nitriles is 1. The van der Waals surface area contributed by atoms with E-state index in [1.54, 1.807) is 24.3 Å². The van der Waals surface area contributed by atoms with E-state index in [4.69, 9.17) is 15.7 Å². The van der Waals surface area contributed by atoms with Gasteiger partial charge in [0.15, 0.2) is 5.75 Å². The average Bonchev–Trinajstić information content (AvgIpc) is 2.34. The van der Waals surface area contributed by atoms with Crippen LogP contribution in [0.15, 0.2) is 40.9 Å². The molecule has 0 aliphatic heterocycles. The van der Waals surface area contributed by atoms with Crippen LogP contribution in [0.25, 0.3) is 0 Å². The van der Waals surface area contributed by atoms with Gasteiger partial charge < -0.3 is 10.5 Å². The fraction of sp³-hybridized carbons (Fsp3) is 0.0714. The van der Waals surface area contributed by atoms with Crippen molar-refractivity contribution < 1.29 is 4.74 Å². The van der Waals surface area contributed by atoms with Gasteiger partial charge in [0, 0.05) is 4.47 Å². The van der Waals surface area contributed by atoms with E-state index in [2.05, 4.69) is 22.0 Å². The number of ether oxygens (including phenoxy) is 1. The molecule has 0 spiro atoms. The van der Waals surface area contributed by atoms with Gasteiger partial charge in [-0.2, -0.15) is 5.26 Å². The van der Waals surface area contributed by atoms with Crippen molar-refractivity contribution in [3.8, 4) is 17.6 Å². The molecular weight excluding hydrogens is 292 g/mol. The van der Waals surface area contributed by atoms with Crippen LogP contribution in [0.2, 0.25) is 0 Å². The number of hydrogen-bond donors (Lipinski definition) is 1. The largest absolute Gasteiger partial charge is 0.455 e. The number of aryl methyl sites for hydroxylation is 1. The van der Waals surface area contributed by atoms with Gasteiger partial charge in [0.25, 0.3) is 0 Å². The highest BCUT2D eigenvalue weighted by Crippen LogP contribution is 2.32. The minimum absolute atomic E-state index is 0.570. The predicted molar refractivity (Wildman–Crippen MR) is 74.5 cm³/mol. The molecule has 2 rings (SSSR count). The Morgan fingerprint density at radius 3 is 2.67 bits per heavy atom. The van der Waals surface area contributed by atoms with E-state index in [0.29, 0.717) is 27.2 Å². The summed E-state index contributed by atoms with van der Waals surface area (Å²) in [5.74, 6) is 1.29. The Bertz CT molecular complexity index is 612. The zero-order valence-corrected chi connectivity index (χ0v) is 11.4. The molecule has 0 atom stereocenters. The summed E-state index contributed by atoms with van der Waals surface area (Å²) in [6.07, 6.45) is 0. The fourth-order valence-corrected chi connectivity index (χ4v) is 2.03. The van der Waals surface area contributed by atoms with Gasteiger partial charge in [0.05, 0.1) is 11.3 Å². The molecule has 0 bridgehead atoms. The lowest BCUT2D eigenvalue weighted by atomic mass is 10.2. The summed E-state index contributed by atoms with van der Waals surface area (Å²) in [5, 5.41) is 8.85. The van der Waals surface area contributed by atoms with E-state index in [1.807, 2.05) is 19.1 Å². The number of nitrogens with zero attached hydrogens (tertiary/aromatic N) is 1. The predicted octanol–water partition coefficient (Wildman–Crippen LogP) is 4.00. The molecule has 0 aromatic heterocycles. The molecule has 0 amide bonds. The van der Waals surface area contributed by atoms with Crippen molar-refractivity contribution in [1.82, 2.24) is 0 Å². The molecule has 0 fully saturated rings. The number of rotatable bonds is 2. The van der Waals surface area contributed by atoms with Crippen LogP contribution >= 0.6 is 15.9 Å². The van der Waals surface area contributed by atoms with Crippen molar-refractivity contribution in [2.45, 2.75) is 6.92 Å².